The molecule has 4 nitrogen and oxygen atoms in total. The van der Waals surface area contributed by atoms with E-state index in [2.05, 4.69) is 415 Å². The van der Waals surface area contributed by atoms with Gasteiger partial charge in [0.1, 0.15) is 36.3 Å². The number of hydrogen-bond donors (Lipinski definition) is 0. The van der Waals surface area contributed by atoms with Crippen LogP contribution in [0, 0.1) is 39.3 Å². The van der Waals surface area contributed by atoms with Crippen molar-refractivity contribution < 1.29 is 18.3 Å². The van der Waals surface area contributed by atoms with Crippen molar-refractivity contribution in [3.8, 4) is 89.4 Å². The maximum absolute atomic E-state index is 14.3. The molecule has 0 amide bonds. The number of benzene rings is 18. The molecule has 0 spiro atoms. The largest absolute Gasteiger partial charge is 0.489 e. The monoisotopic (exact) mass is 1630 g/mol. The van der Waals surface area contributed by atoms with Crippen LogP contribution in [0.3, 0.4) is 0 Å². The SMILES string of the molecule is C=Cc1ccc(COc2ccc(C3(c4cc(C)ccc4C)c4ccccc4-c4ccc(-c5ccc(N(c6ccc(-c7ccc(F)cc7)cc6)c6ccc(-c7ccc(N(c8ccc(-c9ccc(F)cc9)cc8)c8ccc(-c9ccc%10c(c9)C(c9ccc(OCc%11ccc(CC)cc%11)cc9)(c9cc(C)ccc9C)c9ccccc9-%10)cc8)cc7)cc6)cc5)cc43)cc2)cc1. The van der Waals surface area contributed by atoms with Crippen LogP contribution in [0.2, 0.25) is 0 Å². The Kier molecular flexibility index (Phi) is 21.1. The van der Waals surface area contributed by atoms with Crippen LogP contribution < -0.4 is 19.3 Å². The van der Waals surface area contributed by atoms with Crippen molar-refractivity contribution in [1.82, 2.24) is 0 Å². The molecular formula is C120H92F2N2O2. The van der Waals surface area contributed by atoms with Crippen LogP contribution in [0.15, 0.2) is 419 Å². The lowest BCUT2D eigenvalue weighted by Crippen LogP contribution is -2.29. The molecule has 0 fully saturated rings. The van der Waals surface area contributed by atoms with E-state index in [1.165, 1.54) is 119 Å². The topological polar surface area (TPSA) is 24.9 Å². The molecule has 0 radical (unpaired) electrons. The average Bonchev–Trinajstić information content (AvgIpc) is 1.53. The molecule has 18 aromatic carbocycles. The van der Waals surface area contributed by atoms with Crippen molar-refractivity contribution >= 4 is 40.2 Å². The second kappa shape index (κ2) is 33.5. The smallest absolute Gasteiger partial charge is 0.123 e. The first-order chi connectivity index (χ1) is 61.7. The van der Waals surface area contributed by atoms with Crippen LogP contribution in [-0.4, -0.2) is 0 Å². The van der Waals surface area contributed by atoms with Crippen LogP contribution in [0.1, 0.15) is 95.9 Å². The van der Waals surface area contributed by atoms with Gasteiger partial charge in [0, 0.05) is 34.1 Å². The second-order valence-corrected chi connectivity index (χ2v) is 33.5. The summed E-state index contributed by atoms with van der Waals surface area (Å²) >= 11 is 0. The number of rotatable bonds is 23. The molecule has 2 atom stereocenters. The fourth-order valence-corrected chi connectivity index (χ4v) is 19.3. The Hall–Kier alpha value is -15.2. The molecule has 2 aliphatic carbocycles. The molecule has 2 unspecified atom stereocenters. The zero-order chi connectivity index (χ0) is 85.6. The Morgan fingerprint density at radius 2 is 0.556 bits per heavy atom. The van der Waals surface area contributed by atoms with E-state index < -0.39 is 10.8 Å². The molecule has 0 heterocycles. The van der Waals surface area contributed by atoms with E-state index in [1.807, 2.05) is 30.3 Å². The summed E-state index contributed by atoms with van der Waals surface area (Å²) in [5.74, 6) is 1.10. The van der Waals surface area contributed by atoms with Crippen molar-refractivity contribution in [2.45, 2.75) is 65.1 Å². The number of ether oxygens (including phenoxy) is 2. The quantitative estimate of drug-likeness (QED) is 0.0637. The number of nitrogens with zero attached hydrogens (tertiary/aromatic N) is 2. The molecule has 0 aliphatic heterocycles. The summed E-state index contributed by atoms with van der Waals surface area (Å²) in [7, 11) is 0. The van der Waals surface area contributed by atoms with Gasteiger partial charge >= 0.3 is 0 Å². The van der Waals surface area contributed by atoms with Crippen LogP contribution >= 0.6 is 0 Å². The molecule has 18 aromatic rings. The summed E-state index contributed by atoms with van der Waals surface area (Å²) in [5.41, 5.74) is 39.2. The van der Waals surface area contributed by atoms with Gasteiger partial charge < -0.3 is 19.3 Å². The van der Waals surface area contributed by atoms with Crippen molar-refractivity contribution in [2.24, 2.45) is 0 Å². The number of halogens is 2. The summed E-state index contributed by atoms with van der Waals surface area (Å²) in [5, 5.41) is 0. The zero-order valence-corrected chi connectivity index (χ0v) is 71.1. The molecule has 0 aromatic heterocycles. The molecule has 0 N–H and O–H groups in total. The number of hydrogen-bond acceptors (Lipinski definition) is 4. The summed E-state index contributed by atoms with van der Waals surface area (Å²) in [6.45, 7) is 15.9. The Morgan fingerprint density at radius 3 is 0.881 bits per heavy atom. The van der Waals surface area contributed by atoms with Crippen molar-refractivity contribution in [3.63, 3.8) is 0 Å². The Bertz CT molecular complexity index is 6920. The van der Waals surface area contributed by atoms with Crippen molar-refractivity contribution in [3.05, 3.63) is 520 Å². The normalized spacial score (nSPS) is 14.0. The van der Waals surface area contributed by atoms with Gasteiger partial charge in [-0.3, -0.25) is 0 Å². The highest BCUT2D eigenvalue weighted by Crippen LogP contribution is 2.60. The van der Waals surface area contributed by atoms with Crippen LogP contribution in [-0.2, 0) is 30.5 Å². The lowest BCUT2D eigenvalue weighted by atomic mass is 9.66. The van der Waals surface area contributed by atoms with Crippen molar-refractivity contribution in [2.75, 3.05) is 9.80 Å². The third kappa shape index (κ3) is 14.7. The summed E-state index contributed by atoms with van der Waals surface area (Å²) in [6.07, 6.45) is 2.86. The van der Waals surface area contributed by atoms with Gasteiger partial charge in [-0.15, -0.1) is 0 Å². The highest BCUT2D eigenvalue weighted by Gasteiger charge is 2.49. The van der Waals surface area contributed by atoms with Gasteiger partial charge in [-0.1, -0.05) is 310 Å². The summed E-state index contributed by atoms with van der Waals surface area (Å²) in [4.78, 5) is 4.61. The van der Waals surface area contributed by atoms with E-state index in [4.69, 9.17) is 9.47 Å². The Balaban J connectivity index is 0.622. The molecule has 608 valence electrons. The fourth-order valence-electron chi connectivity index (χ4n) is 19.3. The predicted molar refractivity (Wildman–Crippen MR) is 517 cm³/mol. The van der Waals surface area contributed by atoms with Crippen molar-refractivity contribution in [1.29, 1.82) is 0 Å². The van der Waals surface area contributed by atoms with E-state index in [-0.39, 0.29) is 11.6 Å². The molecule has 2 aliphatic rings. The molecule has 6 heteroatoms. The third-order valence-electron chi connectivity index (χ3n) is 25.8. The minimum atomic E-state index is -0.647. The maximum atomic E-state index is 14.3. The highest BCUT2D eigenvalue weighted by atomic mass is 19.1. The van der Waals surface area contributed by atoms with Gasteiger partial charge in [0.25, 0.3) is 0 Å². The van der Waals surface area contributed by atoms with Gasteiger partial charge in [-0.05, 0) is 323 Å². The molecule has 0 saturated carbocycles. The van der Waals surface area contributed by atoms with E-state index in [0.717, 1.165) is 124 Å². The van der Waals surface area contributed by atoms with Gasteiger partial charge in [0.2, 0.25) is 0 Å². The number of aryl methyl sites for hydroxylation is 5. The average molecular weight is 1630 g/mol. The Labute approximate surface area is 737 Å². The standard InChI is InChI=1S/C120H92F2N2O2/c1-7-83-21-25-85(26-22-83)77-125-107-67-47-97(48-68-107)119(115-73-79(3)17-19-81(115)5)113-15-11-9-13-109(113)111-71-45-95(75-117(111)119)93-41-63-105(64-42-93)123(101-55-33-89(34-56-101)87-29-51-99(121)52-30-87)103-59-37-91(38-60-103)92-39-61-104(62-40-92)124(102-57-35-90(36-58-102)88-31-53-100(122)54-32-88)106-65-43-94(44-66-106)96-46-72-112-110-14-10-12-16-114(110)120(118(112)76-96,116-74-80(4)18-20-82(116)6)98-49-69-108(70-50-98)126-78-86-27-23-84(8-2)24-28-86/h7,9-76H,1,8,77-78H2,2-6H3. The lowest BCUT2D eigenvalue weighted by Gasteiger charge is -2.35. The third-order valence-corrected chi connectivity index (χ3v) is 25.8. The van der Waals surface area contributed by atoms with E-state index >= 15 is 0 Å². The van der Waals surface area contributed by atoms with Gasteiger partial charge in [0.05, 0.1) is 10.8 Å². The van der Waals surface area contributed by atoms with Crippen LogP contribution in [0.25, 0.3) is 84.0 Å². The molecule has 20 rings (SSSR count). The van der Waals surface area contributed by atoms with E-state index in [1.54, 1.807) is 0 Å². The molecular weight excluding hydrogens is 1540 g/mol. The number of anilines is 6. The van der Waals surface area contributed by atoms with Gasteiger partial charge in [-0.25, -0.2) is 8.78 Å². The van der Waals surface area contributed by atoms with E-state index in [9.17, 15) is 8.78 Å². The minimum Gasteiger partial charge on any atom is -0.489 e. The maximum Gasteiger partial charge on any atom is 0.123 e. The van der Waals surface area contributed by atoms with Crippen LogP contribution in [0.5, 0.6) is 11.5 Å². The first-order valence-electron chi connectivity index (χ1n) is 43.4. The molecule has 126 heavy (non-hydrogen) atoms. The van der Waals surface area contributed by atoms with Crippen LogP contribution in [0.4, 0.5) is 42.9 Å². The first-order valence-corrected chi connectivity index (χ1v) is 43.4. The van der Waals surface area contributed by atoms with Gasteiger partial charge in [-0.2, -0.15) is 0 Å². The van der Waals surface area contributed by atoms with E-state index in [0.29, 0.717) is 13.2 Å². The first kappa shape index (κ1) is 79.2. The Morgan fingerprint density at radius 1 is 0.270 bits per heavy atom. The highest BCUT2D eigenvalue weighted by molar-refractivity contribution is 5.92. The summed E-state index contributed by atoms with van der Waals surface area (Å²) < 4.78 is 41.6. The molecule has 0 saturated heterocycles. The minimum absolute atomic E-state index is 0.268. The molecule has 0 bridgehead atoms. The fraction of sp³-hybridized carbons (Fsp3) is 0.0833. The van der Waals surface area contributed by atoms with Gasteiger partial charge in [0.15, 0.2) is 0 Å². The zero-order valence-electron chi connectivity index (χ0n) is 71.1. The second-order valence-electron chi connectivity index (χ2n) is 33.5. The predicted octanol–water partition coefficient (Wildman–Crippen LogP) is 31.6. The summed E-state index contributed by atoms with van der Waals surface area (Å²) in [6, 6.07) is 146. The number of fused-ring (bicyclic) bond motifs is 6. The lowest BCUT2D eigenvalue weighted by molar-refractivity contribution is 0.306.